The van der Waals surface area contributed by atoms with E-state index in [1.54, 1.807) is 12.1 Å². The summed E-state index contributed by atoms with van der Waals surface area (Å²) in [5, 5.41) is 0. The number of nitrogens with two attached hydrogens (primary N) is 3. The molecule has 3 aromatic rings. The summed E-state index contributed by atoms with van der Waals surface area (Å²) in [4.78, 5) is 3.97. The summed E-state index contributed by atoms with van der Waals surface area (Å²) in [5.41, 5.74) is 16.3. The molecule has 8 heteroatoms. The number of hydrogen-bond acceptors (Lipinski definition) is 7. The summed E-state index contributed by atoms with van der Waals surface area (Å²) in [5.74, 6) is 6.28. The third kappa shape index (κ3) is 4.01. The second kappa shape index (κ2) is 7.79. The Morgan fingerprint density at radius 2 is 1.93 bits per heavy atom. The number of hydrogen-bond donors (Lipinski definition) is 4. The van der Waals surface area contributed by atoms with Gasteiger partial charge in [-0.15, -0.1) is 0 Å². The van der Waals surface area contributed by atoms with Crippen LogP contribution in [0, 0.1) is 5.82 Å². The summed E-state index contributed by atoms with van der Waals surface area (Å²) in [6, 6.07) is 13.6. The number of aromatic nitrogens is 1. The molecule has 0 aliphatic carbocycles. The van der Waals surface area contributed by atoms with Gasteiger partial charge in [0, 0.05) is 17.7 Å². The lowest BCUT2D eigenvalue weighted by Gasteiger charge is -2.13. The maximum atomic E-state index is 14.3. The summed E-state index contributed by atoms with van der Waals surface area (Å²) in [7, 11) is 1.50. The molecule has 0 bridgehead atoms. The topological polar surface area (TPSA) is 121 Å². The van der Waals surface area contributed by atoms with Crippen molar-refractivity contribution in [3.63, 3.8) is 0 Å². The molecule has 0 unspecified atom stereocenters. The Balaban J connectivity index is 1.82. The van der Waals surface area contributed by atoms with E-state index in [4.69, 9.17) is 26.8 Å². The average molecular weight is 369 g/mol. The third-order valence-electron chi connectivity index (χ3n) is 3.99. The van der Waals surface area contributed by atoms with E-state index in [0.29, 0.717) is 17.1 Å². The minimum atomic E-state index is -0.364. The molecule has 0 saturated heterocycles. The molecule has 2 aromatic carbocycles. The third-order valence-corrected chi connectivity index (χ3v) is 3.99. The molecule has 3 rings (SSSR count). The van der Waals surface area contributed by atoms with Gasteiger partial charge in [-0.05, 0) is 29.3 Å². The van der Waals surface area contributed by atoms with Crippen LogP contribution in [-0.2, 0) is 6.61 Å². The fraction of sp³-hybridized carbons (Fsp3) is 0.105. The van der Waals surface area contributed by atoms with Crippen LogP contribution in [0.4, 0.5) is 21.7 Å². The Kier molecular flexibility index (Phi) is 5.28. The second-order valence-electron chi connectivity index (χ2n) is 5.79. The summed E-state index contributed by atoms with van der Waals surface area (Å²) in [6.07, 6.45) is 0. The van der Waals surface area contributed by atoms with E-state index in [9.17, 15) is 4.39 Å². The first-order valence-corrected chi connectivity index (χ1v) is 8.10. The second-order valence-corrected chi connectivity index (χ2v) is 5.79. The molecule has 0 radical (unpaired) electrons. The molecule has 7 N–H and O–H groups in total. The fourth-order valence-corrected chi connectivity index (χ4v) is 2.63. The minimum absolute atomic E-state index is 0.212. The van der Waals surface area contributed by atoms with Crippen molar-refractivity contribution in [3.05, 3.63) is 59.9 Å². The summed E-state index contributed by atoms with van der Waals surface area (Å²) < 4.78 is 25.1. The van der Waals surface area contributed by atoms with Gasteiger partial charge >= 0.3 is 0 Å². The van der Waals surface area contributed by atoms with Gasteiger partial charge in [-0.25, -0.2) is 15.2 Å². The monoisotopic (exact) mass is 369 g/mol. The van der Waals surface area contributed by atoms with Gasteiger partial charge in [-0.3, -0.25) is 0 Å². The zero-order valence-corrected chi connectivity index (χ0v) is 14.7. The summed E-state index contributed by atoms with van der Waals surface area (Å²) >= 11 is 0. The average Bonchev–Trinajstić information content (AvgIpc) is 2.68. The van der Waals surface area contributed by atoms with Crippen molar-refractivity contribution in [2.45, 2.75) is 6.61 Å². The molecule has 27 heavy (non-hydrogen) atoms. The van der Waals surface area contributed by atoms with Crippen LogP contribution in [0.1, 0.15) is 5.56 Å². The number of nitrogens with zero attached hydrogens (tertiary/aromatic N) is 1. The number of nitrogen functional groups attached to an aromatic ring is 3. The standard InChI is InChI=1S/C19H20FN5O2/c1-26-13-5-6-14(15(20)8-13)12-4-2-3-11(7-12)10-27-16-9-17(21)24-19(25-23)18(16)22/h2-9H,10,22-23H2,1H3,(H3,21,24,25). The summed E-state index contributed by atoms with van der Waals surface area (Å²) in [6.45, 7) is 0.212. The zero-order valence-electron chi connectivity index (χ0n) is 14.7. The molecule has 0 aliphatic rings. The molecule has 0 amide bonds. The highest BCUT2D eigenvalue weighted by molar-refractivity contribution is 5.71. The van der Waals surface area contributed by atoms with Crippen LogP contribution < -0.4 is 32.2 Å². The van der Waals surface area contributed by atoms with Crippen molar-refractivity contribution in [2.75, 3.05) is 24.0 Å². The minimum Gasteiger partial charge on any atom is -0.497 e. The van der Waals surface area contributed by atoms with Crippen molar-refractivity contribution in [1.82, 2.24) is 4.98 Å². The molecule has 0 atom stereocenters. The molecule has 1 heterocycles. The predicted molar refractivity (Wildman–Crippen MR) is 104 cm³/mol. The van der Waals surface area contributed by atoms with Crippen molar-refractivity contribution in [2.24, 2.45) is 5.84 Å². The zero-order chi connectivity index (χ0) is 19.4. The van der Waals surface area contributed by atoms with Gasteiger partial charge in [-0.2, -0.15) is 0 Å². The lowest BCUT2D eigenvalue weighted by molar-refractivity contribution is 0.308. The largest absolute Gasteiger partial charge is 0.497 e. The number of methoxy groups -OCH3 is 1. The Morgan fingerprint density at radius 3 is 2.63 bits per heavy atom. The fourth-order valence-electron chi connectivity index (χ4n) is 2.63. The Labute approximate surface area is 155 Å². The highest BCUT2D eigenvalue weighted by atomic mass is 19.1. The van der Waals surface area contributed by atoms with Crippen molar-refractivity contribution in [3.8, 4) is 22.6 Å². The van der Waals surface area contributed by atoms with Crippen LogP contribution in [0.3, 0.4) is 0 Å². The van der Waals surface area contributed by atoms with Crippen molar-refractivity contribution >= 4 is 17.3 Å². The quantitative estimate of drug-likeness (QED) is 0.389. The molecule has 0 fully saturated rings. The van der Waals surface area contributed by atoms with Gasteiger partial charge in [0.1, 0.15) is 35.4 Å². The number of rotatable bonds is 6. The van der Waals surface area contributed by atoms with Crippen LogP contribution in [0.5, 0.6) is 11.5 Å². The van der Waals surface area contributed by atoms with E-state index in [0.717, 1.165) is 11.1 Å². The number of halogens is 1. The molecule has 7 nitrogen and oxygen atoms in total. The first-order chi connectivity index (χ1) is 13.0. The van der Waals surface area contributed by atoms with Crippen molar-refractivity contribution in [1.29, 1.82) is 0 Å². The first-order valence-electron chi connectivity index (χ1n) is 8.10. The lowest BCUT2D eigenvalue weighted by Crippen LogP contribution is -2.13. The van der Waals surface area contributed by atoms with Gasteiger partial charge in [0.25, 0.3) is 0 Å². The first kappa shape index (κ1) is 18.3. The predicted octanol–water partition coefficient (Wildman–Crippen LogP) is 2.93. The number of benzene rings is 2. The van der Waals surface area contributed by atoms with Gasteiger partial charge in [0.15, 0.2) is 5.82 Å². The van der Waals surface area contributed by atoms with E-state index in [1.807, 2.05) is 24.3 Å². The molecular weight excluding hydrogens is 349 g/mol. The molecule has 0 saturated carbocycles. The lowest BCUT2D eigenvalue weighted by atomic mass is 10.0. The van der Waals surface area contributed by atoms with E-state index >= 15 is 0 Å². The smallest absolute Gasteiger partial charge is 0.169 e. The molecule has 0 spiro atoms. The Hall–Kier alpha value is -3.52. The van der Waals surface area contributed by atoms with Crippen LogP contribution in [0.25, 0.3) is 11.1 Å². The van der Waals surface area contributed by atoms with Crippen LogP contribution >= 0.6 is 0 Å². The molecule has 140 valence electrons. The van der Waals surface area contributed by atoms with E-state index in [2.05, 4.69) is 10.4 Å². The molecule has 0 aliphatic heterocycles. The number of anilines is 3. The Morgan fingerprint density at radius 1 is 1.11 bits per heavy atom. The van der Waals surface area contributed by atoms with Crippen LogP contribution in [-0.4, -0.2) is 12.1 Å². The Bertz CT molecular complexity index is 965. The van der Waals surface area contributed by atoms with Gasteiger partial charge in [0.2, 0.25) is 0 Å². The van der Waals surface area contributed by atoms with Gasteiger partial charge in [-0.1, -0.05) is 18.2 Å². The SMILES string of the molecule is COc1ccc(-c2cccc(COc3cc(N)nc(NN)c3N)c2)c(F)c1. The van der Waals surface area contributed by atoms with Gasteiger partial charge < -0.3 is 26.4 Å². The molecular formula is C19H20FN5O2. The number of pyridine rings is 1. The van der Waals surface area contributed by atoms with E-state index < -0.39 is 0 Å². The maximum absolute atomic E-state index is 14.3. The number of ether oxygens (including phenoxy) is 2. The van der Waals surface area contributed by atoms with E-state index in [-0.39, 0.29) is 29.7 Å². The van der Waals surface area contributed by atoms with Crippen LogP contribution in [0.2, 0.25) is 0 Å². The normalized spacial score (nSPS) is 10.5. The van der Waals surface area contributed by atoms with Gasteiger partial charge in [0.05, 0.1) is 7.11 Å². The highest BCUT2D eigenvalue weighted by Gasteiger charge is 2.11. The highest BCUT2D eigenvalue weighted by Crippen LogP contribution is 2.31. The number of hydrazine groups is 1. The number of nitrogens with one attached hydrogen (secondary N) is 1. The van der Waals surface area contributed by atoms with E-state index in [1.165, 1.54) is 19.2 Å². The van der Waals surface area contributed by atoms with Crippen molar-refractivity contribution < 1.29 is 13.9 Å². The van der Waals surface area contributed by atoms with Crippen LogP contribution in [0.15, 0.2) is 48.5 Å². The maximum Gasteiger partial charge on any atom is 0.169 e. The molecule has 1 aromatic heterocycles.